The average Bonchev–Trinajstić information content (AvgIpc) is 2.76. The number of rotatable bonds is 3. The van der Waals surface area contributed by atoms with Gasteiger partial charge in [-0.1, -0.05) is 11.6 Å². The molecule has 0 saturated heterocycles. The second kappa shape index (κ2) is 6.01. The maximum Gasteiger partial charge on any atom is 0.438 e. The van der Waals surface area contributed by atoms with E-state index < -0.39 is 30.8 Å². The third-order valence-corrected chi connectivity index (χ3v) is 3.73. The number of carbonyl (C=O) groups excluding carboxylic acids is 1. The van der Waals surface area contributed by atoms with Crippen LogP contribution in [-0.2, 0) is 4.79 Å². The first-order chi connectivity index (χ1) is 10.5. The Labute approximate surface area is 135 Å². The molecule has 2 rings (SSSR count). The quantitative estimate of drug-likeness (QED) is 0.911. The molecule has 0 aliphatic carbocycles. The number of aryl methyl sites for hydroxylation is 1. The largest absolute Gasteiger partial charge is 0.484 e. The summed E-state index contributed by atoms with van der Waals surface area (Å²) in [4.78, 5) is 12.0. The Balaban J connectivity index is 2.11. The molecule has 0 radical (unpaired) electrons. The number of halogens is 4. The summed E-state index contributed by atoms with van der Waals surface area (Å²) in [5.74, 6) is -0.829. The Morgan fingerprint density at radius 2 is 2.13 bits per heavy atom. The van der Waals surface area contributed by atoms with E-state index in [-0.39, 0.29) is 16.5 Å². The van der Waals surface area contributed by atoms with E-state index in [1.54, 1.807) is 19.1 Å². The van der Waals surface area contributed by atoms with Crippen molar-refractivity contribution >= 4 is 23.2 Å². The molecule has 1 aromatic carbocycles. The molecule has 0 fully saturated rings. The van der Waals surface area contributed by atoms with Gasteiger partial charge in [-0.2, -0.15) is 23.3 Å². The predicted octanol–water partition coefficient (Wildman–Crippen LogP) is 2.89. The fourth-order valence-electron chi connectivity index (χ4n) is 2.12. The zero-order valence-corrected chi connectivity index (χ0v) is 13.1. The summed E-state index contributed by atoms with van der Waals surface area (Å²) in [6, 6.07) is 4.57. The van der Waals surface area contributed by atoms with Crippen molar-refractivity contribution < 1.29 is 27.8 Å². The number of nitrogens with zero attached hydrogens (tertiary/aromatic N) is 2. The maximum absolute atomic E-state index is 13.0. The van der Waals surface area contributed by atoms with Crippen LogP contribution in [0.5, 0.6) is 5.75 Å². The second-order valence-electron chi connectivity index (χ2n) is 5.23. The third kappa shape index (κ3) is 3.42. The van der Waals surface area contributed by atoms with E-state index in [0.717, 1.165) is 0 Å². The molecule has 1 atom stereocenters. The number of carbonyl (C=O) groups is 1. The highest BCUT2D eigenvalue weighted by Gasteiger charge is 2.62. The zero-order chi connectivity index (χ0) is 17.4. The minimum Gasteiger partial charge on any atom is -0.484 e. The molecule has 1 N–H and O–H groups in total. The molecule has 126 valence electrons. The van der Waals surface area contributed by atoms with Gasteiger partial charge in [0.2, 0.25) is 0 Å². The van der Waals surface area contributed by atoms with Gasteiger partial charge in [-0.05, 0) is 37.6 Å². The molecule has 0 spiro atoms. The summed E-state index contributed by atoms with van der Waals surface area (Å²) >= 11 is 5.84. The Bertz CT molecular complexity index is 663. The molecule has 0 bridgehead atoms. The van der Waals surface area contributed by atoms with Gasteiger partial charge in [0, 0.05) is 17.2 Å². The van der Waals surface area contributed by atoms with Crippen LogP contribution in [0.3, 0.4) is 0 Å². The van der Waals surface area contributed by atoms with Gasteiger partial charge in [0.15, 0.2) is 6.61 Å². The third-order valence-electron chi connectivity index (χ3n) is 3.31. The van der Waals surface area contributed by atoms with E-state index in [9.17, 15) is 23.1 Å². The van der Waals surface area contributed by atoms with Crippen LogP contribution < -0.4 is 4.74 Å². The Kier molecular flexibility index (Phi) is 4.59. The van der Waals surface area contributed by atoms with E-state index in [2.05, 4.69) is 5.10 Å². The van der Waals surface area contributed by atoms with E-state index in [4.69, 9.17) is 16.3 Å². The molecular weight excluding hydrogens is 337 g/mol. The molecule has 0 unspecified atom stereocenters. The van der Waals surface area contributed by atoms with Crippen LogP contribution >= 0.6 is 11.6 Å². The van der Waals surface area contributed by atoms with Crippen LogP contribution in [0.4, 0.5) is 13.2 Å². The molecule has 0 saturated carbocycles. The molecule has 1 aliphatic heterocycles. The lowest BCUT2D eigenvalue weighted by molar-refractivity contribution is -0.302. The van der Waals surface area contributed by atoms with Crippen molar-refractivity contribution in [3.63, 3.8) is 0 Å². The Morgan fingerprint density at radius 3 is 2.70 bits per heavy atom. The van der Waals surface area contributed by atoms with Gasteiger partial charge in [-0.15, -0.1) is 0 Å². The van der Waals surface area contributed by atoms with Crippen molar-refractivity contribution in [3.8, 4) is 5.75 Å². The van der Waals surface area contributed by atoms with E-state index in [1.165, 1.54) is 13.0 Å². The van der Waals surface area contributed by atoms with Gasteiger partial charge in [0.05, 0.1) is 0 Å². The summed E-state index contributed by atoms with van der Waals surface area (Å²) in [6.45, 7) is 2.32. The van der Waals surface area contributed by atoms with Crippen molar-refractivity contribution in [1.29, 1.82) is 0 Å². The molecule has 0 aromatic heterocycles. The number of benzene rings is 1. The highest BCUT2D eigenvalue weighted by Crippen LogP contribution is 2.40. The molecule has 1 aromatic rings. The summed E-state index contributed by atoms with van der Waals surface area (Å²) in [5.41, 5.74) is -2.65. The second-order valence-corrected chi connectivity index (χ2v) is 5.64. The van der Waals surface area contributed by atoms with E-state index in [1.807, 2.05) is 0 Å². The molecule has 9 heteroatoms. The van der Waals surface area contributed by atoms with Crippen LogP contribution in [-0.4, -0.2) is 40.2 Å². The average molecular weight is 351 g/mol. The van der Waals surface area contributed by atoms with Crippen molar-refractivity contribution in [3.05, 3.63) is 28.8 Å². The summed E-state index contributed by atoms with van der Waals surface area (Å²) < 4.78 is 44.2. The highest BCUT2D eigenvalue weighted by molar-refractivity contribution is 6.31. The fourth-order valence-corrected chi connectivity index (χ4v) is 2.23. The number of hydrogen-bond acceptors (Lipinski definition) is 4. The van der Waals surface area contributed by atoms with Crippen LogP contribution in [0, 0.1) is 6.92 Å². The molecule has 23 heavy (non-hydrogen) atoms. The fraction of sp³-hybridized carbons (Fsp3) is 0.429. The number of aliphatic hydroxyl groups is 1. The predicted molar refractivity (Wildman–Crippen MR) is 77.3 cm³/mol. The van der Waals surface area contributed by atoms with Gasteiger partial charge in [-0.25, -0.2) is 0 Å². The summed E-state index contributed by atoms with van der Waals surface area (Å²) in [5, 5.41) is 13.8. The Morgan fingerprint density at radius 1 is 1.48 bits per heavy atom. The van der Waals surface area contributed by atoms with Crippen molar-refractivity contribution in [2.24, 2.45) is 5.10 Å². The van der Waals surface area contributed by atoms with Crippen molar-refractivity contribution in [1.82, 2.24) is 5.01 Å². The number of alkyl halides is 3. The molecule has 1 heterocycles. The number of hydrazone groups is 1. The van der Waals surface area contributed by atoms with E-state index in [0.29, 0.717) is 10.6 Å². The topological polar surface area (TPSA) is 62.1 Å². The van der Waals surface area contributed by atoms with Gasteiger partial charge < -0.3 is 9.84 Å². The van der Waals surface area contributed by atoms with Crippen LogP contribution in [0.15, 0.2) is 23.3 Å². The first kappa shape index (κ1) is 17.6. The van der Waals surface area contributed by atoms with Crippen LogP contribution in [0.2, 0.25) is 5.02 Å². The van der Waals surface area contributed by atoms with Gasteiger partial charge >= 0.3 is 6.18 Å². The van der Waals surface area contributed by atoms with Crippen molar-refractivity contribution in [2.45, 2.75) is 32.2 Å². The number of amides is 1. The molecule has 1 aliphatic rings. The SMILES string of the molecule is CC1=NN(C(=O)COc2ccc(Cl)c(C)c2)[C@](O)(C(F)(F)F)C1. The number of hydrogen-bond donors (Lipinski definition) is 1. The molecular formula is C14H14ClF3N2O3. The summed E-state index contributed by atoms with van der Waals surface area (Å²) in [7, 11) is 0. The lowest BCUT2D eigenvalue weighted by atomic mass is 10.1. The van der Waals surface area contributed by atoms with Gasteiger partial charge in [0.1, 0.15) is 5.75 Å². The highest BCUT2D eigenvalue weighted by atomic mass is 35.5. The first-order valence-electron chi connectivity index (χ1n) is 6.60. The monoisotopic (exact) mass is 350 g/mol. The minimum absolute atomic E-state index is 0.000474. The lowest BCUT2D eigenvalue weighted by Crippen LogP contribution is -2.57. The minimum atomic E-state index is -5.03. The van der Waals surface area contributed by atoms with Gasteiger partial charge in [0.25, 0.3) is 11.6 Å². The molecule has 1 amide bonds. The Hall–Kier alpha value is -1.80. The van der Waals surface area contributed by atoms with Crippen LogP contribution in [0.25, 0.3) is 0 Å². The normalized spacial score (nSPS) is 21.3. The number of ether oxygens (including phenoxy) is 1. The first-order valence-corrected chi connectivity index (χ1v) is 6.97. The zero-order valence-electron chi connectivity index (χ0n) is 12.3. The van der Waals surface area contributed by atoms with Crippen LogP contribution in [0.1, 0.15) is 18.9 Å². The van der Waals surface area contributed by atoms with Gasteiger partial charge in [-0.3, -0.25) is 4.79 Å². The smallest absolute Gasteiger partial charge is 0.438 e. The lowest BCUT2D eigenvalue weighted by Gasteiger charge is -2.32. The van der Waals surface area contributed by atoms with Crippen molar-refractivity contribution in [2.75, 3.05) is 6.61 Å². The summed E-state index contributed by atoms with van der Waals surface area (Å²) in [6.07, 6.45) is -5.82. The maximum atomic E-state index is 13.0. The van der Waals surface area contributed by atoms with E-state index >= 15 is 0 Å². The standard InChI is InChI=1S/C14H14ClF3N2O3/c1-8-5-10(3-4-11(8)15)23-7-12(21)20-13(22,14(16,17)18)6-9(2)19-20/h3-5,22H,6-7H2,1-2H3/t13-/m1/s1. The molecule has 5 nitrogen and oxygen atoms in total.